The van der Waals surface area contributed by atoms with Crippen LogP contribution in [-0.2, 0) is 22.3 Å². The van der Waals surface area contributed by atoms with Gasteiger partial charge in [-0.05, 0) is 0 Å². The maximum Gasteiger partial charge on any atom is 0.434 e. The summed E-state index contributed by atoms with van der Waals surface area (Å²) < 4.78 is 42.5. The predicted octanol–water partition coefficient (Wildman–Crippen LogP) is 1.55. The van der Waals surface area contributed by atoms with Gasteiger partial charge in [0.05, 0.1) is 13.2 Å². The molecule has 12 heteroatoms. The number of nitrogens with one attached hydrogen (secondary N) is 2. The lowest BCUT2D eigenvalue weighted by atomic mass is 10.5. The molecule has 0 aromatic carbocycles. The second kappa shape index (κ2) is 11.5. The van der Waals surface area contributed by atoms with Crippen molar-refractivity contribution in [3.05, 3.63) is 16.1 Å². The molecule has 25 heavy (non-hydrogen) atoms. The van der Waals surface area contributed by atoms with Crippen LogP contribution in [0.3, 0.4) is 0 Å². The van der Waals surface area contributed by atoms with Crippen molar-refractivity contribution in [3.8, 4) is 0 Å². The Balaban J connectivity index is 0.00000576. The number of alkyl halides is 3. The molecule has 2 N–H and O–H groups in total. The molecular formula is C13H21F3IN5O2S. The van der Waals surface area contributed by atoms with Crippen LogP contribution in [0.5, 0.6) is 0 Å². The van der Waals surface area contributed by atoms with Crippen LogP contribution < -0.4 is 10.6 Å². The number of nitrogens with zero attached hydrogens (tertiary/aromatic N) is 3. The molecule has 0 aliphatic heterocycles. The third kappa shape index (κ3) is 9.21. The van der Waals surface area contributed by atoms with Gasteiger partial charge in [0, 0.05) is 33.1 Å². The summed E-state index contributed by atoms with van der Waals surface area (Å²) in [7, 11) is 4.75. The van der Waals surface area contributed by atoms with E-state index in [-0.39, 0.29) is 48.0 Å². The molecular weight excluding hydrogens is 474 g/mol. The molecule has 0 atom stereocenters. The average molecular weight is 495 g/mol. The number of aromatic nitrogens is 1. The quantitative estimate of drug-likeness (QED) is 0.260. The maximum absolute atomic E-state index is 12.5. The Hall–Kier alpha value is -1.15. The highest BCUT2D eigenvalue weighted by atomic mass is 127. The number of likely N-dealkylation sites (N-methyl/N-ethyl adjacent to an activating group) is 1. The molecule has 1 aromatic heterocycles. The topological polar surface area (TPSA) is 78.8 Å². The van der Waals surface area contributed by atoms with Gasteiger partial charge in [-0.15, -0.1) is 35.3 Å². The van der Waals surface area contributed by atoms with Crippen LogP contribution in [0, 0.1) is 0 Å². The number of amides is 1. The normalized spacial score (nSPS) is 11.7. The molecule has 0 saturated carbocycles. The molecule has 1 aromatic rings. The number of ether oxygens (including phenoxy) is 1. The molecule has 0 aliphatic rings. The molecule has 0 bridgehead atoms. The Morgan fingerprint density at radius 1 is 1.40 bits per heavy atom. The van der Waals surface area contributed by atoms with Gasteiger partial charge in [0.15, 0.2) is 11.7 Å². The second-order valence-corrected chi connectivity index (χ2v) is 5.79. The van der Waals surface area contributed by atoms with E-state index in [9.17, 15) is 18.0 Å². The molecule has 7 nitrogen and oxygen atoms in total. The number of hydrogen-bond donors (Lipinski definition) is 2. The lowest BCUT2D eigenvalue weighted by molar-refractivity contribution is -0.140. The van der Waals surface area contributed by atoms with Crippen molar-refractivity contribution in [2.75, 3.05) is 40.9 Å². The van der Waals surface area contributed by atoms with E-state index in [1.165, 1.54) is 12.0 Å². The number of aliphatic imine (C=N–C) groups is 1. The number of rotatable bonds is 7. The van der Waals surface area contributed by atoms with Crippen molar-refractivity contribution < 1.29 is 22.7 Å². The molecule has 0 radical (unpaired) electrons. The number of halogens is 4. The molecule has 0 unspecified atom stereocenters. The van der Waals surface area contributed by atoms with Crippen molar-refractivity contribution in [2.45, 2.75) is 12.7 Å². The van der Waals surface area contributed by atoms with Crippen LogP contribution >= 0.6 is 35.3 Å². The summed E-state index contributed by atoms with van der Waals surface area (Å²) in [4.78, 5) is 20.6. The lowest BCUT2D eigenvalue weighted by Gasteiger charge is -2.12. The van der Waals surface area contributed by atoms with Gasteiger partial charge in [-0.3, -0.25) is 4.79 Å². The molecule has 0 aliphatic carbocycles. The minimum absolute atomic E-state index is 0. The largest absolute Gasteiger partial charge is 0.434 e. The number of carbonyl (C=O) groups excluding carboxylic acids is 1. The SMILES string of the molecule is COCCNC(=NCC(=O)N(C)C)NCc1nc(C(F)(F)F)cs1.I. The van der Waals surface area contributed by atoms with Crippen molar-refractivity contribution in [2.24, 2.45) is 4.99 Å². The van der Waals surface area contributed by atoms with Gasteiger partial charge >= 0.3 is 6.18 Å². The Morgan fingerprint density at radius 3 is 2.60 bits per heavy atom. The third-order valence-corrected chi connectivity index (χ3v) is 3.57. The highest BCUT2D eigenvalue weighted by molar-refractivity contribution is 14.0. The summed E-state index contributed by atoms with van der Waals surface area (Å²) >= 11 is 0.900. The fourth-order valence-electron chi connectivity index (χ4n) is 1.42. The van der Waals surface area contributed by atoms with Gasteiger partial charge in [0.1, 0.15) is 11.6 Å². The van der Waals surface area contributed by atoms with Crippen LogP contribution in [0.1, 0.15) is 10.7 Å². The number of thiazole rings is 1. The van der Waals surface area contributed by atoms with Gasteiger partial charge in [0.2, 0.25) is 5.91 Å². The smallest absolute Gasteiger partial charge is 0.383 e. The van der Waals surface area contributed by atoms with Gasteiger partial charge in [-0.25, -0.2) is 9.98 Å². The first-order valence-corrected chi connectivity index (χ1v) is 7.85. The minimum atomic E-state index is -4.46. The van der Waals surface area contributed by atoms with Gasteiger partial charge in [-0.2, -0.15) is 13.2 Å². The van der Waals surface area contributed by atoms with Crippen LogP contribution in [0.15, 0.2) is 10.4 Å². The van der Waals surface area contributed by atoms with E-state index >= 15 is 0 Å². The van der Waals surface area contributed by atoms with E-state index < -0.39 is 11.9 Å². The summed E-state index contributed by atoms with van der Waals surface area (Å²) in [5.74, 6) is 0.0995. The van der Waals surface area contributed by atoms with Crippen molar-refractivity contribution in [1.29, 1.82) is 0 Å². The summed E-state index contributed by atoms with van der Waals surface area (Å²) in [5, 5.41) is 6.99. The molecule has 0 spiro atoms. The number of guanidine groups is 1. The molecule has 1 rings (SSSR count). The number of hydrogen-bond acceptors (Lipinski definition) is 5. The van der Waals surface area contributed by atoms with Crippen LogP contribution in [-0.4, -0.2) is 62.7 Å². The Bertz CT molecular complexity index is 566. The number of methoxy groups -OCH3 is 1. The van der Waals surface area contributed by atoms with Gasteiger partial charge in [0.25, 0.3) is 0 Å². The zero-order valence-electron chi connectivity index (χ0n) is 14.0. The molecule has 144 valence electrons. The van der Waals surface area contributed by atoms with Crippen LogP contribution in [0.25, 0.3) is 0 Å². The Labute approximate surface area is 165 Å². The van der Waals surface area contributed by atoms with Crippen molar-refractivity contribution in [3.63, 3.8) is 0 Å². The third-order valence-electron chi connectivity index (χ3n) is 2.72. The van der Waals surface area contributed by atoms with Gasteiger partial charge < -0.3 is 20.3 Å². The van der Waals surface area contributed by atoms with Crippen molar-refractivity contribution in [1.82, 2.24) is 20.5 Å². The number of carbonyl (C=O) groups is 1. The average Bonchev–Trinajstić information content (AvgIpc) is 2.98. The standard InChI is InChI=1S/C13H20F3N5O2S.HI/c1-21(2)11(22)7-19-12(17-4-5-23-3)18-6-10-20-9(8-24-10)13(14,15)16;/h8H,4-7H2,1-3H3,(H2,17,18,19);1H. The molecule has 1 heterocycles. The molecule has 0 saturated heterocycles. The van der Waals surface area contributed by atoms with E-state index in [1.54, 1.807) is 14.1 Å². The second-order valence-electron chi connectivity index (χ2n) is 4.85. The highest BCUT2D eigenvalue weighted by Crippen LogP contribution is 2.29. The van der Waals surface area contributed by atoms with Crippen LogP contribution in [0.2, 0.25) is 0 Å². The Kier molecular flexibility index (Phi) is 10.9. The summed E-state index contributed by atoms with van der Waals surface area (Å²) in [6, 6.07) is 0. The van der Waals surface area contributed by atoms with E-state index in [2.05, 4.69) is 20.6 Å². The summed E-state index contributed by atoms with van der Waals surface area (Å²) in [6.45, 7) is 0.832. The van der Waals surface area contributed by atoms with E-state index in [1.807, 2.05) is 0 Å². The fourth-order valence-corrected chi connectivity index (χ4v) is 2.16. The van der Waals surface area contributed by atoms with Crippen LogP contribution in [0.4, 0.5) is 13.2 Å². The first-order valence-electron chi connectivity index (χ1n) is 6.97. The monoisotopic (exact) mass is 495 g/mol. The molecule has 1 amide bonds. The maximum atomic E-state index is 12.5. The first-order chi connectivity index (χ1) is 11.2. The lowest BCUT2D eigenvalue weighted by Crippen LogP contribution is -2.39. The minimum Gasteiger partial charge on any atom is -0.383 e. The summed E-state index contributed by atoms with van der Waals surface area (Å²) in [6.07, 6.45) is -4.46. The summed E-state index contributed by atoms with van der Waals surface area (Å²) in [5.41, 5.74) is -0.919. The predicted molar refractivity (Wildman–Crippen MR) is 100 cm³/mol. The zero-order valence-corrected chi connectivity index (χ0v) is 17.2. The van der Waals surface area contributed by atoms with Crippen molar-refractivity contribution >= 4 is 47.2 Å². The van der Waals surface area contributed by atoms with E-state index in [0.717, 1.165) is 16.7 Å². The Morgan fingerprint density at radius 2 is 2.08 bits per heavy atom. The zero-order chi connectivity index (χ0) is 18.2. The first kappa shape index (κ1) is 23.8. The highest BCUT2D eigenvalue weighted by Gasteiger charge is 2.33. The fraction of sp³-hybridized carbons (Fsp3) is 0.615. The van der Waals surface area contributed by atoms with E-state index in [0.29, 0.717) is 19.1 Å². The molecule has 0 fully saturated rings. The van der Waals surface area contributed by atoms with Gasteiger partial charge in [-0.1, -0.05) is 0 Å². The van der Waals surface area contributed by atoms with E-state index in [4.69, 9.17) is 4.74 Å².